The van der Waals surface area contributed by atoms with Crippen LogP contribution in [0.25, 0.3) is 11.0 Å². The van der Waals surface area contributed by atoms with Crippen molar-refractivity contribution in [1.29, 1.82) is 0 Å². The molecule has 8 nitrogen and oxygen atoms in total. The van der Waals surface area contributed by atoms with Crippen molar-refractivity contribution < 1.29 is 28.6 Å². The maximum atomic E-state index is 13.5. The SMILES string of the molecule is COC(=O)N1c2ccc3c(nc(C[C@H](C(=O)O)c4ccc(F)cc4)n3[C@H]3CCCOC3)c2CC[C@@H]1C. The lowest BCUT2D eigenvalue weighted by molar-refractivity contribution is -0.138. The molecule has 1 aromatic heterocycles. The van der Waals surface area contributed by atoms with E-state index in [2.05, 4.69) is 4.57 Å². The number of aryl methyl sites for hydroxylation is 1. The number of rotatable bonds is 5. The number of anilines is 1. The van der Waals surface area contributed by atoms with Crippen molar-refractivity contribution in [3.8, 4) is 0 Å². The molecule has 5 rings (SSSR count). The zero-order valence-electron chi connectivity index (χ0n) is 20.4. The van der Waals surface area contributed by atoms with Crippen molar-refractivity contribution in [1.82, 2.24) is 9.55 Å². The van der Waals surface area contributed by atoms with Crippen molar-refractivity contribution in [2.45, 2.75) is 57.0 Å². The highest BCUT2D eigenvalue weighted by atomic mass is 19.1. The Balaban J connectivity index is 1.64. The molecule has 1 N–H and O–H groups in total. The van der Waals surface area contributed by atoms with Crippen molar-refractivity contribution in [2.75, 3.05) is 25.2 Å². The topological polar surface area (TPSA) is 93.9 Å². The number of amides is 1. The minimum Gasteiger partial charge on any atom is -0.481 e. The third-order valence-corrected chi connectivity index (χ3v) is 7.36. The van der Waals surface area contributed by atoms with Crippen molar-refractivity contribution >= 4 is 28.8 Å². The Kier molecular flexibility index (Phi) is 6.66. The summed E-state index contributed by atoms with van der Waals surface area (Å²) in [4.78, 5) is 31.5. The van der Waals surface area contributed by atoms with Crippen molar-refractivity contribution in [3.63, 3.8) is 0 Å². The van der Waals surface area contributed by atoms with E-state index < -0.39 is 23.8 Å². The number of hydrogen-bond acceptors (Lipinski definition) is 5. The van der Waals surface area contributed by atoms with Gasteiger partial charge in [0, 0.05) is 24.6 Å². The predicted molar refractivity (Wildman–Crippen MR) is 132 cm³/mol. The van der Waals surface area contributed by atoms with E-state index in [4.69, 9.17) is 14.5 Å². The number of halogens is 1. The predicted octanol–water partition coefficient (Wildman–Crippen LogP) is 4.85. The first kappa shape index (κ1) is 24.2. The quantitative estimate of drug-likeness (QED) is 0.544. The minimum atomic E-state index is -0.993. The second kappa shape index (κ2) is 9.89. The maximum absolute atomic E-state index is 13.5. The van der Waals surface area contributed by atoms with E-state index in [-0.39, 0.29) is 18.5 Å². The van der Waals surface area contributed by atoms with Gasteiger partial charge < -0.3 is 19.1 Å². The summed E-state index contributed by atoms with van der Waals surface area (Å²) in [5.74, 6) is -1.64. The molecule has 1 amide bonds. The van der Waals surface area contributed by atoms with Crippen LogP contribution in [-0.2, 0) is 27.1 Å². The highest BCUT2D eigenvalue weighted by molar-refractivity contribution is 5.95. The fourth-order valence-corrected chi connectivity index (χ4v) is 5.53. The smallest absolute Gasteiger partial charge is 0.414 e. The van der Waals surface area contributed by atoms with E-state index in [0.717, 1.165) is 48.0 Å². The molecule has 36 heavy (non-hydrogen) atoms. The molecular weight excluding hydrogens is 465 g/mol. The van der Waals surface area contributed by atoms with Gasteiger partial charge in [-0.15, -0.1) is 0 Å². The number of ether oxygens (including phenoxy) is 2. The van der Waals surface area contributed by atoms with E-state index in [9.17, 15) is 19.1 Å². The van der Waals surface area contributed by atoms with Crippen molar-refractivity contribution in [3.05, 3.63) is 59.2 Å². The van der Waals surface area contributed by atoms with Crippen LogP contribution in [-0.4, -0.2) is 53.1 Å². The number of imidazole rings is 1. The average Bonchev–Trinajstić information content (AvgIpc) is 3.26. The Labute approximate surface area is 208 Å². The van der Waals surface area contributed by atoms with Gasteiger partial charge in [-0.3, -0.25) is 9.69 Å². The number of carboxylic acids is 1. The zero-order valence-corrected chi connectivity index (χ0v) is 20.4. The first-order chi connectivity index (χ1) is 17.4. The molecule has 0 bridgehead atoms. The highest BCUT2D eigenvalue weighted by Gasteiger charge is 2.33. The Morgan fingerprint density at radius 1 is 1.22 bits per heavy atom. The van der Waals surface area contributed by atoms with Crippen LogP contribution in [0.3, 0.4) is 0 Å². The average molecular weight is 496 g/mol. The molecule has 0 unspecified atom stereocenters. The number of aliphatic carboxylic acids is 1. The maximum Gasteiger partial charge on any atom is 0.414 e. The Morgan fingerprint density at radius 2 is 2.00 bits per heavy atom. The van der Waals surface area contributed by atoms with E-state index in [1.54, 1.807) is 4.90 Å². The molecule has 190 valence electrons. The van der Waals surface area contributed by atoms with Gasteiger partial charge in [-0.05, 0) is 62.4 Å². The van der Waals surface area contributed by atoms with Crippen LogP contribution in [0.1, 0.15) is 55.1 Å². The molecule has 2 aromatic carbocycles. The van der Waals surface area contributed by atoms with Crippen LogP contribution in [0.4, 0.5) is 14.9 Å². The van der Waals surface area contributed by atoms with Crippen LogP contribution in [0.15, 0.2) is 36.4 Å². The number of aromatic nitrogens is 2. The van der Waals surface area contributed by atoms with Gasteiger partial charge in [-0.25, -0.2) is 14.2 Å². The molecule has 1 saturated heterocycles. The summed E-state index contributed by atoms with van der Waals surface area (Å²) in [6, 6.07) is 9.50. The summed E-state index contributed by atoms with van der Waals surface area (Å²) < 4.78 is 26.4. The fraction of sp³-hybridized carbons (Fsp3) is 0.444. The molecule has 0 aliphatic carbocycles. The molecule has 3 atom stereocenters. The summed E-state index contributed by atoms with van der Waals surface area (Å²) >= 11 is 0. The standard InChI is InChI=1S/C27H30FN3O5/c1-16-5-10-20-22(30(16)27(34)35-2)11-12-23-25(20)29-24(31(23)19-4-3-13-36-15-19)14-21(26(32)33)17-6-8-18(28)9-7-17/h6-9,11-12,16,19,21H,3-5,10,13-15H2,1-2H3,(H,32,33)/t16-,19-,21-/m0/s1. The normalized spacial score (nSPS) is 20.7. The Bertz CT molecular complexity index is 1280. The zero-order chi connectivity index (χ0) is 25.4. The van der Waals surface area contributed by atoms with E-state index in [1.165, 1.54) is 31.4 Å². The van der Waals surface area contributed by atoms with E-state index in [1.807, 2.05) is 19.1 Å². The monoisotopic (exact) mass is 495 g/mol. The lowest BCUT2D eigenvalue weighted by Gasteiger charge is -2.34. The summed E-state index contributed by atoms with van der Waals surface area (Å²) in [5.41, 5.74) is 3.94. The second-order valence-corrected chi connectivity index (χ2v) is 9.57. The minimum absolute atomic E-state index is 0.00873. The third-order valence-electron chi connectivity index (χ3n) is 7.36. The third kappa shape index (κ3) is 4.32. The van der Waals surface area contributed by atoms with Crippen LogP contribution in [0.2, 0.25) is 0 Å². The number of benzene rings is 2. The number of nitrogens with zero attached hydrogens (tertiary/aromatic N) is 3. The fourth-order valence-electron chi connectivity index (χ4n) is 5.53. The first-order valence-corrected chi connectivity index (χ1v) is 12.3. The summed E-state index contributed by atoms with van der Waals surface area (Å²) in [6.07, 6.45) is 3.06. The molecule has 2 aliphatic rings. The molecule has 0 radical (unpaired) electrons. The number of fused-ring (bicyclic) bond motifs is 3. The van der Waals surface area contributed by atoms with E-state index >= 15 is 0 Å². The summed E-state index contributed by atoms with van der Waals surface area (Å²) in [5, 5.41) is 10.1. The molecule has 9 heteroatoms. The molecular formula is C27H30FN3O5. The molecule has 0 saturated carbocycles. The Morgan fingerprint density at radius 3 is 2.67 bits per heavy atom. The van der Waals surface area contributed by atoms with Gasteiger partial charge in [0.25, 0.3) is 0 Å². The van der Waals surface area contributed by atoms with Crippen molar-refractivity contribution in [2.24, 2.45) is 0 Å². The molecule has 0 spiro atoms. The van der Waals surface area contributed by atoms with Crippen LogP contribution < -0.4 is 4.90 Å². The molecule has 3 heterocycles. The number of methoxy groups -OCH3 is 1. The lowest BCUT2D eigenvalue weighted by Crippen LogP contribution is -2.42. The number of carbonyl (C=O) groups excluding carboxylic acids is 1. The summed E-state index contributed by atoms with van der Waals surface area (Å²) in [6.45, 7) is 3.22. The number of carbonyl (C=O) groups is 2. The number of hydrogen-bond donors (Lipinski definition) is 1. The van der Waals surface area contributed by atoms with Gasteiger partial charge in [0.1, 0.15) is 11.6 Å². The van der Waals surface area contributed by atoms with Gasteiger partial charge >= 0.3 is 12.1 Å². The highest BCUT2D eigenvalue weighted by Crippen LogP contribution is 2.39. The largest absolute Gasteiger partial charge is 0.481 e. The lowest BCUT2D eigenvalue weighted by atomic mass is 9.95. The number of carboxylic acid groups (broad SMARTS) is 1. The van der Waals surface area contributed by atoms with Crippen LogP contribution >= 0.6 is 0 Å². The van der Waals surface area contributed by atoms with Gasteiger partial charge in [-0.2, -0.15) is 0 Å². The van der Waals surface area contributed by atoms with Crippen LogP contribution in [0.5, 0.6) is 0 Å². The second-order valence-electron chi connectivity index (χ2n) is 9.57. The van der Waals surface area contributed by atoms with Gasteiger partial charge in [-0.1, -0.05) is 12.1 Å². The molecule has 1 fully saturated rings. The molecule has 2 aliphatic heterocycles. The summed E-state index contributed by atoms with van der Waals surface area (Å²) in [7, 11) is 1.37. The first-order valence-electron chi connectivity index (χ1n) is 12.3. The van der Waals surface area contributed by atoms with Gasteiger partial charge in [0.05, 0.1) is 42.4 Å². The van der Waals surface area contributed by atoms with Gasteiger partial charge in [0.2, 0.25) is 0 Å². The molecule has 3 aromatic rings. The van der Waals surface area contributed by atoms with E-state index in [0.29, 0.717) is 24.6 Å². The Hall–Kier alpha value is -3.46. The van der Waals surface area contributed by atoms with Crippen LogP contribution in [0, 0.1) is 5.82 Å². The van der Waals surface area contributed by atoms with Gasteiger partial charge in [0.15, 0.2) is 0 Å².